The van der Waals surface area contributed by atoms with Gasteiger partial charge >= 0.3 is 0 Å². The highest BCUT2D eigenvalue weighted by atomic mass is 16.5. The highest BCUT2D eigenvalue weighted by Crippen LogP contribution is 2.49. The molecule has 0 radical (unpaired) electrons. The highest BCUT2D eigenvalue weighted by molar-refractivity contribution is 5.78. The van der Waals surface area contributed by atoms with Crippen LogP contribution in [0.5, 0.6) is 0 Å². The number of rotatable bonds is 8. The Morgan fingerprint density at radius 1 is 1.53 bits per heavy atom. The van der Waals surface area contributed by atoms with Crippen LogP contribution in [0, 0.1) is 10.8 Å². The Hall–Kier alpha value is -0.610. The first-order chi connectivity index (χ1) is 7.08. The molecule has 1 aliphatic rings. The van der Waals surface area contributed by atoms with E-state index in [2.05, 4.69) is 11.9 Å². The molecular formula is C11H23N3O. The second-order valence-electron chi connectivity index (χ2n) is 4.79. The van der Waals surface area contributed by atoms with Crippen LogP contribution < -0.4 is 5.73 Å². The van der Waals surface area contributed by atoms with Crippen molar-refractivity contribution in [1.29, 1.82) is 5.41 Å². The smallest absolute Gasteiger partial charge is 0.0911 e. The zero-order valence-corrected chi connectivity index (χ0v) is 9.88. The van der Waals surface area contributed by atoms with Crippen LogP contribution in [0.25, 0.3) is 0 Å². The van der Waals surface area contributed by atoms with Crippen LogP contribution in [0.4, 0.5) is 0 Å². The van der Waals surface area contributed by atoms with Gasteiger partial charge in [0.1, 0.15) is 0 Å². The molecular weight excluding hydrogens is 190 g/mol. The Morgan fingerprint density at radius 3 is 2.67 bits per heavy atom. The molecule has 0 bridgehead atoms. The van der Waals surface area contributed by atoms with Gasteiger partial charge in [0.2, 0.25) is 0 Å². The SMILES string of the molecule is COCCCN(C)CC1(CC(=N)N)CC1. The van der Waals surface area contributed by atoms with E-state index in [4.69, 9.17) is 15.9 Å². The Morgan fingerprint density at radius 2 is 2.20 bits per heavy atom. The van der Waals surface area contributed by atoms with E-state index < -0.39 is 0 Å². The van der Waals surface area contributed by atoms with Crippen LogP contribution in [-0.2, 0) is 4.74 Å². The molecule has 4 heteroatoms. The average molecular weight is 213 g/mol. The van der Waals surface area contributed by atoms with Crippen molar-refractivity contribution in [3.8, 4) is 0 Å². The lowest BCUT2D eigenvalue weighted by atomic mass is 10.0. The molecule has 0 heterocycles. The highest BCUT2D eigenvalue weighted by Gasteiger charge is 2.43. The average Bonchev–Trinajstić information content (AvgIpc) is 2.83. The first-order valence-corrected chi connectivity index (χ1v) is 5.58. The van der Waals surface area contributed by atoms with Gasteiger partial charge in [-0.2, -0.15) is 0 Å². The number of amidine groups is 1. The van der Waals surface area contributed by atoms with Gasteiger partial charge in [-0.1, -0.05) is 0 Å². The van der Waals surface area contributed by atoms with Gasteiger partial charge < -0.3 is 15.4 Å². The van der Waals surface area contributed by atoms with E-state index in [1.807, 2.05) is 0 Å². The van der Waals surface area contributed by atoms with Crippen LogP contribution in [0.15, 0.2) is 0 Å². The summed E-state index contributed by atoms with van der Waals surface area (Å²) in [5.74, 6) is 0.331. The monoisotopic (exact) mass is 213 g/mol. The van der Waals surface area contributed by atoms with Gasteiger partial charge in [-0.05, 0) is 31.7 Å². The lowest BCUT2D eigenvalue weighted by Gasteiger charge is -2.23. The molecule has 88 valence electrons. The van der Waals surface area contributed by atoms with E-state index in [0.717, 1.165) is 32.5 Å². The molecule has 1 saturated carbocycles. The first-order valence-electron chi connectivity index (χ1n) is 5.58. The van der Waals surface area contributed by atoms with Crippen LogP contribution in [-0.4, -0.2) is 44.6 Å². The van der Waals surface area contributed by atoms with Crippen LogP contribution >= 0.6 is 0 Å². The Labute approximate surface area is 92.3 Å². The number of nitrogens with zero attached hydrogens (tertiary/aromatic N) is 1. The fourth-order valence-electron chi connectivity index (χ4n) is 2.10. The number of nitrogens with two attached hydrogens (primary N) is 1. The lowest BCUT2D eigenvalue weighted by molar-refractivity contribution is 0.172. The number of hydrogen-bond donors (Lipinski definition) is 2. The van der Waals surface area contributed by atoms with Crippen molar-refractivity contribution in [2.75, 3.05) is 33.9 Å². The number of nitrogens with one attached hydrogen (secondary N) is 1. The minimum absolute atomic E-state index is 0.327. The van der Waals surface area contributed by atoms with Gasteiger partial charge in [0.25, 0.3) is 0 Å². The maximum Gasteiger partial charge on any atom is 0.0911 e. The fourth-order valence-corrected chi connectivity index (χ4v) is 2.10. The van der Waals surface area contributed by atoms with Gasteiger partial charge in [0, 0.05) is 33.2 Å². The number of ether oxygens (including phenoxy) is 1. The summed E-state index contributed by atoms with van der Waals surface area (Å²) < 4.78 is 5.02. The summed E-state index contributed by atoms with van der Waals surface area (Å²) in [6.07, 6.45) is 4.28. The predicted octanol–water partition coefficient (Wildman–Crippen LogP) is 1.06. The van der Waals surface area contributed by atoms with Crippen LogP contribution in [0.2, 0.25) is 0 Å². The maximum atomic E-state index is 7.34. The minimum Gasteiger partial charge on any atom is -0.388 e. The van der Waals surface area contributed by atoms with Crippen LogP contribution in [0.1, 0.15) is 25.7 Å². The third-order valence-corrected chi connectivity index (χ3v) is 3.02. The normalized spacial score (nSPS) is 18.1. The molecule has 0 unspecified atom stereocenters. The molecule has 0 aliphatic heterocycles. The Balaban J connectivity index is 2.19. The second-order valence-corrected chi connectivity index (χ2v) is 4.79. The first kappa shape index (κ1) is 12.5. The maximum absolute atomic E-state index is 7.34. The van der Waals surface area contributed by atoms with Crippen molar-refractivity contribution in [3.05, 3.63) is 0 Å². The van der Waals surface area contributed by atoms with Gasteiger partial charge in [-0.25, -0.2) is 0 Å². The van der Waals surface area contributed by atoms with Crippen molar-refractivity contribution in [3.63, 3.8) is 0 Å². The summed E-state index contributed by atoms with van der Waals surface area (Å²) in [4.78, 5) is 2.33. The summed E-state index contributed by atoms with van der Waals surface area (Å²) in [5.41, 5.74) is 5.79. The molecule has 0 saturated heterocycles. The second kappa shape index (κ2) is 5.47. The zero-order valence-electron chi connectivity index (χ0n) is 9.88. The minimum atomic E-state index is 0.327. The number of methoxy groups -OCH3 is 1. The van der Waals surface area contributed by atoms with E-state index in [1.165, 1.54) is 12.8 Å². The summed E-state index contributed by atoms with van der Waals surface area (Å²) in [6.45, 7) is 2.95. The van der Waals surface area contributed by atoms with Crippen LogP contribution in [0.3, 0.4) is 0 Å². The summed E-state index contributed by atoms with van der Waals surface area (Å²) >= 11 is 0. The van der Waals surface area contributed by atoms with Crippen molar-refractivity contribution in [2.45, 2.75) is 25.7 Å². The summed E-state index contributed by atoms with van der Waals surface area (Å²) in [7, 11) is 3.87. The van der Waals surface area contributed by atoms with E-state index in [0.29, 0.717) is 11.3 Å². The van der Waals surface area contributed by atoms with Gasteiger partial charge in [-0.15, -0.1) is 0 Å². The molecule has 0 spiro atoms. The zero-order chi connectivity index (χ0) is 11.3. The standard InChI is InChI=1S/C11H23N3O/c1-14(6-3-7-15-2)9-11(4-5-11)8-10(12)13/h3-9H2,1-2H3,(H3,12,13). The molecule has 4 nitrogen and oxygen atoms in total. The number of hydrogen-bond acceptors (Lipinski definition) is 3. The molecule has 0 aromatic rings. The summed E-state index contributed by atoms with van der Waals surface area (Å²) in [5, 5.41) is 7.34. The van der Waals surface area contributed by atoms with Gasteiger partial charge in [0.15, 0.2) is 0 Å². The van der Waals surface area contributed by atoms with Gasteiger partial charge in [0.05, 0.1) is 5.84 Å². The molecule has 15 heavy (non-hydrogen) atoms. The molecule has 0 aromatic heterocycles. The molecule has 0 aromatic carbocycles. The molecule has 1 aliphatic carbocycles. The topological polar surface area (TPSA) is 62.3 Å². The molecule has 1 rings (SSSR count). The summed E-state index contributed by atoms with van der Waals surface area (Å²) in [6, 6.07) is 0. The lowest BCUT2D eigenvalue weighted by Crippen LogP contribution is -2.30. The van der Waals surface area contributed by atoms with E-state index in [1.54, 1.807) is 7.11 Å². The van der Waals surface area contributed by atoms with Gasteiger partial charge in [-0.3, -0.25) is 5.41 Å². The van der Waals surface area contributed by atoms with Crippen molar-refractivity contribution in [1.82, 2.24) is 4.90 Å². The van der Waals surface area contributed by atoms with E-state index in [-0.39, 0.29) is 0 Å². The quantitative estimate of drug-likeness (QED) is 0.360. The van der Waals surface area contributed by atoms with E-state index >= 15 is 0 Å². The predicted molar refractivity (Wildman–Crippen MR) is 62.2 cm³/mol. The molecule has 3 N–H and O–H groups in total. The Kier molecular flexibility index (Phi) is 4.54. The molecule has 0 atom stereocenters. The Bertz CT molecular complexity index is 214. The van der Waals surface area contributed by atoms with Crippen molar-refractivity contribution >= 4 is 5.84 Å². The van der Waals surface area contributed by atoms with E-state index in [9.17, 15) is 0 Å². The third-order valence-electron chi connectivity index (χ3n) is 3.02. The molecule has 0 amide bonds. The van der Waals surface area contributed by atoms with Crippen molar-refractivity contribution < 1.29 is 4.74 Å². The molecule has 1 fully saturated rings. The fraction of sp³-hybridized carbons (Fsp3) is 0.909. The van der Waals surface area contributed by atoms with Crippen molar-refractivity contribution in [2.24, 2.45) is 11.1 Å². The third kappa shape index (κ3) is 4.62. The largest absolute Gasteiger partial charge is 0.388 e.